The summed E-state index contributed by atoms with van der Waals surface area (Å²) >= 11 is 0. The molecular weight excluding hydrogens is 510 g/mol. The van der Waals surface area contributed by atoms with Crippen LogP contribution in [0.2, 0.25) is 0 Å². The normalized spacial score (nSPS) is 12.2. The number of nitrogens with zero attached hydrogens (tertiary/aromatic N) is 2. The molecule has 0 spiro atoms. The van der Waals surface area contributed by atoms with E-state index in [0.29, 0.717) is 12.1 Å². The van der Waals surface area contributed by atoms with Crippen molar-refractivity contribution in [2.75, 3.05) is 17.1 Å². The second-order valence-electron chi connectivity index (χ2n) is 10.4. The summed E-state index contributed by atoms with van der Waals surface area (Å²) < 4.78 is 27.0. The van der Waals surface area contributed by atoms with Crippen LogP contribution < -0.4 is 9.62 Å². The number of benzene rings is 3. The number of carbonyl (C=O) groups is 2. The SMILES string of the molecule is Cc1ccc(N(CC(=O)N(Cc2ccccc2C)[C@@H](Cc2ccccc2)C(=O)NC(C)C)S(C)(=O)=O)c(C)c1. The van der Waals surface area contributed by atoms with E-state index < -0.39 is 28.5 Å². The summed E-state index contributed by atoms with van der Waals surface area (Å²) in [6.07, 6.45) is 1.39. The minimum Gasteiger partial charge on any atom is -0.352 e. The quantitative estimate of drug-likeness (QED) is 0.380. The van der Waals surface area contributed by atoms with Gasteiger partial charge in [0.05, 0.1) is 11.9 Å². The largest absolute Gasteiger partial charge is 0.352 e. The van der Waals surface area contributed by atoms with E-state index >= 15 is 0 Å². The summed E-state index contributed by atoms with van der Waals surface area (Å²) in [6, 6.07) is 21.7. The molecule has 0 saturated carbocycles. The third kappa shape index (κ3) is 8.17. The molecule has 0 heterocycles. The Kier molecular flexibility index (Phi) is 9.92. The molecule has 7 nitrogen and oxygen atoms in total. The summed E-state index contributed by atoms with van der Waals surface area (Å²) in [6.45, 7) is 9.19. The first kappa shape index (κ1) is 29.9. The highest BCUT2D eigenvalue weighted by Gasteiger charge is 2.33. The standard InChI is InChI=1S/C31H39N3O4S/c1-22(2)32-31(36)29(19-26-13-8-7-9-14-26)33(20-27-15-11-10-12-24(27)4)30(35)21-34(39(6,37)38)28-17-16-23(3)18-25(28)5/h7-18,22,29H,19-21H2,1-6H3,(H,32,36)/t29-/m0/s1. The van der Waals surface area contributed by atoms with E-state index in [2.05, 4.69) is 5.32 Å². The van der Waals surface area contributed by atoms with Crippen molar-refractivity contribution in [2.45, 2.75) is 59.7 Å². The number of hydrogen-bond acceptors (Lipinski definition) is 4. The summed E-state index contributed by atoms with van der Waals surface area (Å²) in [7, 11) is -3.80. The van der Waals surface area contributed by atoms with Crippen molar-refractivity contribution in [1.82, 2.24) is 10.2 Å². The van der Waals surface area contributed by atoms with Gasteiger partial charge in [0.25, 0.3) is 0 Å². The second kappa shape index (κ2) is 12.9. The van der Waals surface area contributed by atoms with E-state index in [-0.39, 0.29) is 18.5 Å². The molecule has 3 aromatic carbocycles. The second-order valence-corrected chi connectivity index (χ2v) is 12.3. The predicted octanol–water partition coefficient (Wildman–Crippen LogP) is 4.54. The van der Waals surface area contributed by atoms with Gasteiger partial charge in [0.1, 0.15) is 12.6 Å². The zero-order valence-electron chi connectivity index (χ0n) is 23.6. The maximum Gasteiger partial charge on any atom is 0.244 e. The molecule has 208 valence electrons. The molecule has 0 aliphatic carbocycles. The van der Waals surface area contributed by atoms with Crippen LogP contribution in [-0.2, 0) is 32.6 Å². The van der Waals surface area contributed by atoms with Crippen LogP contribution >= 0.6 is 0 Å². The zero-order chi connectivity index (χ0) is 28.7. The Bertz CT molecular complexity index is 1400. The first-order valence-electron chi connectivity index (χ1n) is 13.1. The third-order valence-corrected chi connectivity index (χ3v) is 7.73. The molecule has 1 N–H and O–H groups in total. The Morgan fingerprint density at radius 1 is 0.872 bits per heavy atom. The fraction of sp³-hybridized carbons (Fsp3) is 0.355. The number of anilines is 1. The molecule has 0 aliphatic heterocycles. The van der Waals surface area contributed by atoms with Crippen LogP contribution in [0.5, 0.6) is 0 Å². The molecule has 1 atom stereocenters. The van der Waals surface area contributed by atoms with Gasteiger partial charge in [-0.3, -0.25) is 13.9 Å². The van der Waals surface area contributed by atoms with Crippen molar-refractivity contribution in [3.63, 3.8) is 0 Å². The fourth-order valence-corrected chi connectivity index (χ4v) is 5.49. The fourth-order valence-electron chi connectivity index (χ4n) is 4.59. The van der Waals surface area contributed by atoms with Gasteiger partial charge in [0.2, 0.25) is 21.8 Å². The van der Waals surface area contributed by atoms with Crippen LogP contribution in [0.15, 0.2) is 72.8 Å². The van der Waals surface area contributed by atoms with Crippen LogP contribution in [0.3, 0.4) is 0 Å². The number of carbonyl (C=O) groups excluding carboxylic acids is 2. The van der Waals surface area contributed by atoms with Crippen molar-refractivity contribution in [3.8, 4) is 0 Å². The highest BCUT2D eigenvalue weighted by molar-refractivity contribution is 7.92. The minimum absolute atomic E-state index is 0.131. The Balaban J connectivity index is 2.08. The van der Waals surface area contributed by atoms with Gasteiger partial charge in [0.15, 0.2) is 0 Å². The van der Waals surface area contributed by atoms with Crippen LogP contribution in [-0.4, -0.2) is 50.0 Å². The number of rotatable bonds is 11. The van der Waals surface area contributed by atoms with Crippen LogP contribution in [0, 0.1) is 20.8 Å². The molecule has 2 amide bonds. The summed E-state index contributed by atoms with van der Waals surface area (Å²) in [5.41, 5.74) is 4.95. The average Bonchev–Trinajstić information content (AvgIpc) is 2.85. The van der Waals surface area contributed by atoms with Gasteiger partial charge < -0.3 is 10.2 Å². The lowest BCUT2D eigenvalue weighted by molar-refractivity contribution is -0.140. The molecule has 0 aliphatic rings. The monoisotopic (exact) mass is 549 g/mol. The Morgan fingerprint density at radius 2 is 1.51 bits per heavy atom. The van der Waals surface area contributed by atoms with Gasteiger partial charge in [-0.2, -0.15) is 0 Å². The van der Waals surface area contributed by atoms with E-state index in [1.165, 1.54) is 4.90 Å². The zero-order valence-corrected chi connectivity index (χ0v) is 24.5. The van der Waals surface area contributed by atoms with E-state index in [4.69, 9.17) is 0 Å². The van der Waals surface area contributed by atoms with Gasteiger partial charge in [0, 0.05) is 19.0 Å². The maximum atomic E-state index is 14.1. The van der Waals surface area contributed by atoms with Gasteiger partial charge in [-0.25, -0.2) is 8.42 Å². The summed E-state index contributed by atoms with van der Waals surface area (Å²) in [5, 5.41) is 2.96. The number of sulfonamides is 1. The molecule has 0 unspecified atom stereocenters. The smallest absolute Gasteiger partial charge is 0.244 e. The third-order valence-electron chi connectivity index (χ3n) is 6.60. The molecule has 3 aromatic rings. The lowest BCUT2D eigenvalue weighted by Gasteiger charge is -2.34. The van der Waals surface area contributed by atoms with E-state index in [1.54, 1.807) is 6.07 Å². The van der Waals surface area contributed by atoms with E-state index in [9.17, 15) is 18.0 Å². The number of amides is 2. The molecule has 3 rings (SSSR count). The van der Waals surface area contributed by atoms with Crippen molar-refractivity contribution >= 4 is 27.5 Å². The molecule has 0 radical (unpaired) electrons. The summed E-state index contributed by atoms with van der Waals surface area (Å²) in [4.78, 5) is 29.2. The van der Waals surface area contributed by atoms with Gasteiger partial charge in [-0.1, -0.05) is 72.3 Å². The Morgan fingerprint density at radius 3 is 2.10 bits per heavy atom. The van der Waals surface area contributed by atoms with Crippen molar-refractivity contribution in [2.24, 2.45) is 0 Å². The summed E-state index contributed by atoms with van der Waals surface area (Å²) in [5.74, 6) is -0.739. The molecule has 0 aromatic heterocycles. The molecule has 0 bridgehead atoms. The number of nitrogens with one attached hydrogen (secondary N) is 1. The Hall–Kier alpha value is -3.65. The van der Waals surface area contributed by atoms with Gasteiger partial charge in [-0.05, 0) is 62.9 Å². The average molecular weight is 550 g/mol. The molecule has 39 heavy (non-hydrogen) atoms. The highest BCUT2D eigenvalue weighted by atomic mass is 32.2. The topological polar surface area (TPSA) is 86.8 Å². The lowest BCUT2D eigenvalue weighted by atomic mass is 10.0. The molecule has 0 saturated heterocycles. The van der Waals surface area contributed by atoms with Crippen molar-refractivity contribution in [3.05, 3.63) is 101 Å². The van der Waals surface area contributed by atoms with Gasteiger partial charge in [-0.15, -0.1) is 0 Å². The number of aryl methyl sites for hydroxylation is 3. The van der Waals surface area contributed by atoms with Crippen molar-refractivity contribution < 1.29 is 18.0 Å². The van der Waals surface area contributed by atoms with E-state index in [1.807, 2.05) is 101 Å². The molecule has 8 heteroatoms. The first-order chi connectivity index (χ1) is 18.4. The minimum atomic E-state index is -3.80. The first-order valence-corrected chi connectivity index (χ1v) is 14.9. The van der Waals surface area contributed by atoms with Crippen LogP contribution in [0.4, 0.5) is 5.69 Å². The van der Waals surface area contributed by atoms with Gasteiger partial charge >= 0.3 is 0 Å². The molecule has 0 fully saturated rings. The van der Waals surface area contributed by atoms with Crippen LogP contribution in [0.25, 0.3) is 0 Å². The van der Waals surface area contributed by atoms with Crippen LogP contribution in [0.1, 0.15) is 41.7 Å². The molecular formula is C31H39N3O4S. The van der Waals surface area contributed by atoms with E-state index in [0.717, 1.165) is 38.4 Å². The Labute approximate surface area is 232 Å². The lowest BCUT2D eigenvalue weighted by Crippen LogP contribution is -2.54. The predicted molar refractivity (Wildman–Crippen MR) is 157 cm³/mol. The maximum absolute atomic E-state index is 14.1. The highest BCUT2D eigenvalue weighted by Crippen LogP contribution is 2.25. The van der Waals surface area contributed by atoms with Crippen molar-refractivity contribution in [1.29, 1.82) is 0 Å². The number of hydrogen-bond donors (Lipinski definition) is 1.